The van der Waals surface area contributed by atoms with Crippen molar-refractivity contribution in [2.45, 2.75) is 83.0 Å². The Bertz CT molecular complexity index is 367. The number of amides is 1. The van der Waals surface area contributed by atoms with Crippen LogP contribution in [0.25, 0.3) is 0 Å². The fourth-order valence-corrected chi connectivity index (χ4v) is 3.58. The second kappa shape index (κ2) is 7.64. The van der Waals surface area contributed by atoms with Crippen molar-refractivity contribution in [1.29, 1.82) is 0 Å². The number of nitrogens with zero attached hydrogens (tertiary/aromatic N) is 1. The molecule has 0 aromatic heterocycles. The summed E-state index contributed by atoms with van der Waals surface area (Å²) >= 11 is 0. The molecule has 22 heavy (non-hydrogen) atoms. The van der Waals surface area contributed by atoms with Gasteiger partial charge in [0.05, 0.1) is 0 Å². The topological polar surface area (TPSA) is 53.6 Å². The molecule has 2 N–H and O–H groups in total. The van der Waals surface area contributed by atoms with Gasteiger partial charge in [0.15, 0.2) is 0 Å². The van der Waals surface area contributed by atoms with Crippen molar-refractivity contribution in [3.05, 3.63) is 0 Å². The highest BCUT2D eigenvalue weighted by atomic mass is 16.6. The second-order valence-electron chi connectivity index (χ2n) is 7.97. The SMILES string of the molecule is CN1CCCC(NC2CCCC(NC(=O)OC(C)(C)C)C2)C1. The lowest BCUT2D eigenvalue weighted by Gasteiger charge is -2.36. The van der Waals surface area contributed by atoms with Crippen molar-refractivity contribution < 1.29 is 9.53 Å². The first-order valence-electron chi connectivity index (χ1n) is 8.76. The van der Waals surface area contributed by atoms with Crippen molar-refractivity contribution in [3.63, 3.8) is 0 Å². The van der Waals surface area contributed by atoms with E-state index in [4.69, 9.17) is 4.74 Å². The zero-order chi connectivity index (χ0) is 16.2. The molecule has 1 aliphatic carbocycles. The second-order valence-corrected chi connectivity index (χ2v) is 7.97. The van der Waals surface area contributed by atoms with Crippen LogP contribution in [0.15, 0.2) is 0 Å². The molecular weight excluding hydrogens is 278 g/mol. The maximum atomic E-state index is 11.9. The minimum absolute atomic E-state index is 0.238. The van der Waals surface area contributed by atoms with Gasteiger partial charge in [-0.05, 0) is 72.9 Å². The summed E-state index contributed by atoms with van der Waals surface area (Å²) in [5, 5.41) is 6.85. The van der Waals surface area contributed by atoms with E-state index in [1.165, 1.54) is 32.2 Å². The Morgan fingerprint density at radius 2 is 1.77 bits per heavy atom. The Balaban J connectivity index is 1.75. The van der Waals surface area contributed by atoms with Gasteiger partial charge in [-0.1, -0.05) is 0 Å². The third-order valence-corrected chi connectivity index (χ3v) is 4.49. The predicted octanol–water partition coefficient (Wildman–Crippen LogP) is 2.51. The smallest absolute Gasteiger partial charge is 0.407 e. The van der Waals surface area contributed by atoms with Gasteiger partial charge >= 0.3 is 6.09 Å². The number of rotatable bonds is 3. The minimum Gasteiger partial charge on any atom is -0.444 e. The Morgan fingerprint density at radius 1 is 1.09 bits per heavy atom. The van der Waals surface area contributed by atoms with Gasteiger partial charge < -0.3 is 20.3 Å². The van der Waals surface area contributed by atoms with E-state index in [0.29, 0.717) is 12.1 Å². The van der Waals surface area contributed by atoms with Crippen molar-refractivity contribution in [2.24, 2.45) is 0 Å². The van der Waals surface area contributed by atoms with Crippen LogP contribution in [-0.4, -0.2) is 54.9 Å². The van der Waals surface area contributed by atoms with Gasteiger partial charge in [0.1, 0.15) is 5.60 Å². The van der Waals surface area contributed by atoms with Crippen LogP contribution >= 0.6 is 0 Å². The number of carbonyl (C=O) groups excluding carboxylic acids is 1. The molecule has 1 saturated heterocycles. The lowest BCUT2D eigenvalue weighted by molar-refractivity contribution is 0.0487. The van der Waals surface area contributed by atoms with Crippen LogP contribution in [0.4, 0.5) is 4.79 Å². The van der Waals surface area contributed by atoms with Crippen LogP contribution in [0.1, 0.15) is 59.3 Å². The fraction of sp³-hybridized carbons (Fsp3) is 0.941. The van der Waals surface area contributed by atoms with E-state index >= 15 is 0 Å². The van der Waals surface area contributed by atoms with Gasteiger partial charge in [0.2, 0.25) is 0 Å². The number of piperidine rings is 1. The first-order valence-corrected chi connectivity index (χ1v) is 8.76. The largest absolute Gasteiger partial charge is 0.444 e. The molecule has 5 heteroatoms. The lowest BCUT2D eigenvalue weighted by atomic mass is 9.90. The Labute approximate surface area is 135 Å². The first-order chi connectivity index (χ1) is 10.3. The highest BCUT2D eigenvalue weighted by molar-refractivity contribution is 5.68. The third kappa shape index (κ3) is 6.13. The molecule has 1 saturated carbocycles. The molecule has 0 bridgehead atoms. The van der Waals surface area contributed by atoms with E-state index in [-0.39, 0.29) is 12.1 Å². The highest BCUT2D eigenvalue weighted by Gasteiger charge is 2.27. The number of hydrogen-bond donors (Lipinski definition) is 2. The number of nitrogens with one attached hydrogen (secondary N) is 2. The maximum absolute atomic E-state index is 11.9. The molecular formula is C17H33N3O2. The van der Waals surface area contributed by atoms with Gasteiger partial charge in [-0.25, -0.2) is 4.79 Å². The van der Waals surface area contributed by atoms with E-state index < -0.39 is 5.60 Å². The Hall–Kier alpha value is -0.810. The van der Waals surface area contributed by atoms with Crippen LogP contribution in [0, 0.1) is 0 Å². The molecule has 128 valence electrons. The molecule has 3 unspecified atom stereocenters. The Kier molecular flexibility index (Phi) is 6.09. The molecule has 0 radical (unpaired) electrons. The quantitative estimate of drug-likeness (QED) is 0.841. The van der Waals surface area contributed by atoms with Crippen LogP contribution in [0.3, 0.4) is 0 Å². The van der Waals surface area contributed by atoms with Crippen LogP contribution in [-0.2, 0) is 4.74 Å². The zero-order valence-electron chi connectivity index (χ0n) is 14.7. The predicted molar refractivity (Wildman–Crippen MR) is 89.1 cm³/mol. The van der Waals surface area contributed by atoms with Crippen molar-refractivity contribution in [1.82, 2.24) is 15.5 Å². The number of ether oxygens (including phenoxy) is 1. The van der Waals surface area contributed by atoms with E-state index in [2.05, 4.69) is 22.6 Å². The zero-order valence-corrected chi connectivity index (χ0v) is 14.7. The highest BCUT2D eigenvalue weighted by Crippen LogP contribution is 2.21. The van der Waals surface area contributed by atoms with E-state index in [1.807, 2.05) is 20.8 Å². The van der Waals surface area contributed by atoms with Crippen LogP contribution in [0.5, 0.6) is 0 Å². The molecule has 2 aliphatic rings. The molecule has 1 amide bonds. The number of hydrogen-bond acceptors (Lipinski definition) is 4. The standard InChI is InChI=1S/C17H33N3O2/c1-17(2,3)22-16(21)19-14-8-5-7-13(11-14)18-15-9-6-10-20(4)12-15/h13-15,18H,5-12H2,1-4H3,(H,19,21). The average molecular weight is 311 g/mol. The summed E-state index contributed by atoms with van der Waals surface area (Å²) in [5.74, 6) is 0. The van der Waals surface area contributed by atoms with Gasteiger partial charge in [0.25, 0.3) is 0 Å². The summed E-state index contributed by atoms with van der Waals surface area (Å²) in [6, 6.07) is 1.36. The number of likely N-dealkylation sites (N-methyl/N-ethyl adjacent to an activating group) is 1. The molecule has 2 fully saturated rings. The Morgan fingerprint density at radius 3 is 2.45 bits per heavy atom. The molecule has 2 rings (SSSR count). The summed E-state index contributed by atoms with van der Waals surface area (Å²) in [6.07, 6.45) is 6.72. The van der Waals surface area contributed by atoms with E-state index in [1.54, 1.807) is 0 Å². The van der Waals surface area contributed by atoms with E-state index in [0.717, 1.165) is 19.4 Å². The summed E-state index contributed by atoms with van der Waals surface area (Å²) in [5.41, 5.74) is -0.427. The van der Waals surface area contributed by atoms with Gasteiger partial charge in [0, 0.05) is 24.7 Å². The molecule has 1 heterocycles. The molecule has 1 aliphatic heterocycles. The lowest BCUT2D eigenvalue weighted by Crippen LogP contribution is -2.51. The van der Waals surface area contributed by atoms with Gasteiger partial charge in [-0.15, -0.1) is 0 Å². The first kappa shape index (κ1) is 17.5. The fourth-order valence-electron chi connectivity index (χ4n) is 3.58. The molecule has 5 nitrogen and oxygen atoms in total. The summed E-state index contributed by atoms with van der Waals surface area (Å²) in [7, 11) is 2.20. The van der Waals surface area contributed by atoms with Crippen molar-refractivity contribution in [2.75, 3.05) is 20.1 Å². The number of alkyl carbamates (subject to hydrolysis) is 1. The number of carbonyl (C=O) groups is 1. The van der Waals surface area contributed by atoms with Gasteiger partial charge in [-0.3, -0.25) is 0 Å². The van der Waals surface area contributed by atoms with Crippen molar-refractivity contribution in [3.8, 4) is 0 Å². The number of likely N-dealkylation sites (tertiary alicyclic amines) is 1. The van der Waals surface area contributed by atoms with Crippen LogP contribution < -0.4 is 10.6 Å². The molecule has 0 spiro atoms. The monoisotopic (exact) mass is 311 g/mol. The molecule has 0 aromatic carbocycles. The maximum Gasteiger partial charge on any atom is 0.407 e. The summed E-state index contributed by atoms with van der Waals surface area (Å²) < 4.78 is 5.36. The van der Waals surface area contributed by atoms with E-state index in [9.17, 15) is 4.79 Å². The van der Waals surface area contributed by atoms with Gasteiger partial charge in [-0.2, -0.15) is 0 Å². The van der Waals surface area contributed by atoms with Crippen molar-refractivity contribution >= 4 is 6.09 Å². The molecule has 3 atom stereocenters. The summed E-state index contributed by atoms with van der Waals surface area (Å²) in [6.45, 7) is 8.05. The molecule has 0 aromatic rings. The van der Waals surface area contributed by atoms with Crippen LogP contribution in [0.2, 0.25) is 0 Å². The minimum atomic E-state index is -0.427. The normalized spacial score (nSPS) is 30.8. The average Bonchev–Trinajstić information content (AvgIpc) is 2.36. The third-order valence-electron chi connectivity index (χ3n) is 4.49. The summed E-state index contributed by atoms with van der Waals surface area (Å²) in [4.78, 5) is 14.3.